The second-order valence-corrected chi connectivity index (χ2v) is 11.1. The highest BCUT2D eigenvalue weighted by molar-refractivity contribution is 8.26. The monoisotopic (exact) mass is 511 g/mol. The van der Waals surface area contributed by atoms with Gasteiger partial charge in [0.15, 0.2) is 5.58 Å². The number of morpholine rings is 1. The number of nitrogens with zero attached hydrogens (tertiary/aromatic N) is 2. The van der Waals surface area contributed by atoms with Crippen molar-refractivity contribution in [2.24, 2.45) is 0 Å². The van der Waals surface area contributed by atoms with Crippen molar-refractivity contribution in [3.05, 3.63) is 64.5 Å². The lowest BCUT2D eigenvalue weighted by Crippen LogP contribution is -2.40. The van der Waals surface area contributed by atoms with Crippen LogP contribution in [0.1, 0.15) is 16.9 Å². The molecular weight excluding hydrogens is 494 g/mol. The van der Waals surface area contributed by atoms with Crippen LogP contribution in [0.3, 0.4) is 0 Å². The van der Waals surface area contributed by atoms with E-state index in [0.717, 1.165) is 5.39 Å². The number of thiocarbonyl (C=S) groups is 1. The minimum Gasteiger partial charge on any atom is -0.455 e. The molecule has 2 aliphatic rings. The van der Waals surface area contributed by atoms with E-state index in [9.17, 15) is 13.2 Å². The van der Waals surface area contributed by atoms with Crippen molar-refractivity contribution in [1.82, 2.24) is 14.6 Å². The number of ether oxygens (including phenoxy) is 1. The number of nitrogens with one attached hydrogen (secondary N) is 1. The molecule has 4 heterocycles. The Kier molecular flexibility index (Phi) is 6.24. The fourth-order valence-electron chi connectivity index (χ4n) is 3.48. The van der Waals surface area contributed by atoms with E-state index in [0.29, 0.717) is 58.0 Å². The fourth-order valence-corrected chi connectivity index (χ4v) is 5.91. The molecule has 2 saturated heterocycles. The largest absolute Gasteiger partial charge is 0.455 e. The van der Waals surface area contributed by atoms with Crippen molar-refractivity contribution in [1.29, 1.82) is 0 Å². The predicted octanol–water partition coefficient (Wildman–Crippen LogP) is 2.74. The number of fused-ring (bicyclic) bond motifs is 1. The van der Waals surface area contributed by atoms with Crippen LogP contribution in [0.25, 0.3) is 17.0 Å². The van der Waals surface area contributed by atoms with Gasteiger partial charge < -0.3 is 14.5 Å². The molecule has 0 aliphatic carbocycles. The van der Waals surface area contributed by atoms with Crippen molar-refractivity contribution >= 4 is 61.3 Å². The maximum Gasteiger partial charge on any atom is 0.263 e. The molecule has 0 atom stereocenters. The summed E-state index contributed by atoms with van der Waals surface area (Å²) in [5.41, 5.74) is 1.78. The summed E-state index contributed by atoms with van der Waals surface area (Å²) in [6.45, 7) is 1.48. The number of carbonyl (C=O) groups excluding carboxylic acids is 1. The summed E-state index contributed by atoms with van der Waals surface area (Å²) in [7, 11) is -3.55. The van der Waals surface area contributed by atoms with Crippen LogP contribution in [0.5, 0.6) is 0 Å². The van der Waals surface area contributed by atoms with E-state index in [-0.39, 0.29) is 10.8 Å². The quantitative estimate of drug-likeness (QED) is 0.325. The summed E-state index contributed by atoms with van der Waals surface area (Å²) in [5, 5.41) is 3.31. The van der Waals surface area contributed by atoms with E-state index in [1.807, 2.05) is 0 Å². The molecule has 0 radical (unpaired) electrons. The Morgan fingerprint density at radius 3 is 2.62 bits per heavy atom. The van der Waals surface area contributed by atoms with Gasteiger partial charge in [-0.3, -0.25) is 9.78 Å². The molecule has 1 aromatic carbocycles. The first kappa shape index (κ1) is 22.8. The third kappa shape index (κ3) is 4.64. The molecule has 3 aromatic rings. The van der Waals surface area contributed by atoms with Gasteiger partial charge in [0.2, 0.25) is 10.0 Å². The standard InChI is InChI=1S/C23H17N3O5S3/c27-22-20(33-23(32)25-22)12-18-11-17-14-24-13-16(21(17)31-18)4-1-15-2-5-19(6-3-15)34(28,29)26-7-9-30-10-8-26/h2-3,5-6,11-14H,7-10H2,(H,25,27,32)/b20-12+. The highest BCUT2D eigenvalue weighted by Gasteiger charge is 2.26. The number of amides is 1. The number of benzene rings is 1. The van der Waals surface area contributed by atoms with Gasteiger partial charge in [0.05, 0.1) is 28.6 Å². The zero-order valence-electron chi connectivity index (χ0n) is 17.6. The van der Waals surface area contributed by atoms with Crippen molar-refractivity contribution in [3.63, 3.8) is 0 Å². The van der Waals surface area contributed by atoms with Crippen LogP contribution < -0.4 is 5.32 Å². The van der Waals surface area contributed by atoms with Crippen molar-refractivity contribution in [3.8, 4) is 11.8 Å². The van der Waals surface area contributed by atoms with E-state index in [1.165, 1.54) is 16.1 Å². The lowest BCUT2D eigenvalue weighted by molar-refractivity contribution is -0.115. The zero-order chi connectivity index (χ0) is 23.7. The maximum absolute atomic E-state index is 12.8. The number of thioether (sulfide) groups is 1. The molecule has 8 nitrogen and oxygen atoms in total. The van der Waals surface area contributed by atoms with E-state index in [1.54, 1.807) is 48.8 Å². The average molecular weight is 512 g/mol. The number of hydrogen-bond donors (Lipinski definition) is 1. The topological polar surface area (TPSA) is 102 Å². The van der Waals surface area contributed by atoms with Gasteiger partial charge in [-0.1, -0.05) is 35.8 Å². The maximum atomic E-state index is 12.8. The van der Waals surface area contributed by atoms with Crippen LogP contribution in [0, 0.1) is 11.8 Å². The molecule has 5 rings (SSSR count). The van der Waals surface area contributed by atoms with Gasteiger partial charge in [-0.15, -0.1) is 0 Å². The third-order valence-electron chi connectivity index (χ3n) is 5.16. The molecule has 2 aromatic heterocycles. The smallest absolute Gasteiger partial charge is 0.263 e. The lowest BCUT2D eigenvalue weighted by atomic mass is 10.2. The number of rotatable bonds is 3. The molecule has 172 valence electrons. The molecule has 0 bridgehead atoms. The van der Waals surface area contributed by atoms with Gasteiger partial charge >= 0.3 is 0 Å². The van der Waals surface area contributed by atoms with Crippen LogP contribution in [0.2, 0.25) is 0 Å². The Morgan fingerprint density at radius 2 is 1.91 bits per heavy atom. The first-order valence-electron chi connectivity index (χ1n) is 10.2. The summed E-state index contributed by atoms with van der Waals surface area (Å²) in [6.07, 6.45) is 4.88. The second kappa shape index (κ2) is 9.32. The Bertz CT molecular complexity index is 1490. The van der Waals surface area contributed by atoms with Gasteiger partial charge in [-0.25, -0.2) is 8.42 Å². The predicted molar refractivity (Wildman–Crippen MR) is 132 cm³/mol. The Hall–Kier alpha value is -3.01. The van der Waals surface area contributed by atoms with Crippen LogP contribution in [0.4, 0.5) is 0 Å². The molecule has 2 fully saturated rings. The van der Waals surface area contributed by atoms with Gasteiger partial charge in [0.1, 0.15) is 10.1 Å². The van der Waals surface area contributed by atoms with E-state index < -0.39 is 10.0 Å². The lowest BCUT2D eigenvalue weighted by Gasteiger charge is -2.26. The number of aromatic nitrogens is 1. The minimum atomic E-state index is -3.55. The highest BCUT2D eigenvalue weighted by atomic mass is 32.2. The van der Waals surface area contributed by atoms with Gasteiger partial charge in [0.25, 0.3) is 5.91 Å². The normalized spacial score (nSPS) is 18.2. The van der Waals surface area contributed by atoms with Crippen molar-refractivity contribution in [2.75, 3.05) is 26.3 Å². The molecule has 2 aliphatic heterocycles. The number of hydrogen-bond acceptors (Lipinski definition) is 8. The second-order valence-electron chi connectivity index (χ2n) is 7.40. The summed E-state index contributed by atoms with van der Waals surface area (Å²) < 4.78 is 38.5. The van der Waals surface area contributed by atoms with Gasteiger partial charge in [-0.05, 0) is 30.3 Å². The van der Waals surface area contributed by atoms with Gasteiger partial charge in [0, 0.05) is 42.5 Å². The van der Waals surface area contributed by atoms with E-state index in [4.69, 9.17) is 21.4 Å². The van der Waals surface area contributed by atoms with Crippen molar-refractivity contribution in [2.45, 2.75) is 4.90 Å². The molecule has 0 spiro atoms. The fraction of sp³-hybridized carbons (Fsp3) is 0.174. The number of carbonyl (C=O) groups is 1. The SMILES string of the molecule is O=C1NC(=S)S/C1=C/c1cc2cncc(C#Cc3ccc(S(=O)(=O)N4CCOCC4)cc3)c2o1. The molecule has 0 saturated carbocycles. The van der Waals surface area contributed by atoms with E-state index in [2.05, 4.69) is 22.1 Å². The van der Waals surface area contributed by atoms with Crippen LogP contribution in [-0.2, 0) is 19.6 Å². The number of pyridine rings is 1. The minimum absolute atomic E-state index is 0.223. The first-order chi connectivity index (χ1) is 16.4. The van der Waals surface area contributed by atoms with Crippen LogP contribution in [-0.4, -0.2) is 54.2 Å². The average Bonchev–Trinajstić information content (AvgIpc) is 3.40. The molecule has 1 N–H and O–H groups in total. The molecule has 1 amide bonds. The van der Waals surface area contributed by atoms with Crippen LogP contribution in [0.15, 0.2) is 56.9 Å². The van der Waals surface area contributed by atoms with E-state index >= 15 is 0 Å². The Labute approximate surface area is 205 Å². The first-order valence-corrected chi connectivity index (χ1v) is 12.9. The zero-order valence-corrected chi connectivity index (χ0v) is 20.1. The molecule has 0 unspecified atom stereocenters. The summed E-state index contributed by atoms with van der Waals surface area (Å²) in [5.74, 6) is 6.30. The third-order valence-corrected chi connectivity index (χ3v) is 8.24. The Balaban J connectivity index is 1.39. The number of sulfonamides is 1. The molecular formula is C23H17N3O5S3. The van der Waals surface area contributed by atoms with Crippen LogP contribution >= 0.6 is 24.0 Å². The van der Waals surface area contributed by atoms with Crippen molar-refractivity contribution < 1.29 is 22.4 Å². The Morgan fingerprint density at radius 1 is 1.15 bits per heavy atom. The summed E-state index contributed by atoms with van der Waals surface area (Å²) in [4.78, 5) is 16.8. The molecule has 34 heavy (non-hydrogen) atoms. The number of furan rings is 1. The summed E-state index contributed by atoms with van der Waals surface area (Å²) >= 11 is 6.19. The highest BCUT2D eigenvalue weighted by Crippen LogP contribution is 2.29. The van der Waals surface area contributed by atoms with Gasteiger partial charge in [-0.2, -0.15) is 4.31 Å². The summed E-state index contributed by atoms with van der Waals surface area (Å²) in [6, 6.07) is 8.23. The molecule has 11 heteroatoms.